The molecule has 0 saturated heterocycles. The minimum Gasteiger partial charge on any atom is -0.480 e. The van der Waals surface area contributed by atoms with E-state index in [1.54, 1.807) is 33.8 Å². The molecule has 1 aromatic carbocycles. The third kappa shape index (κ3) is 5.94. The highest BCUT2D eigenvalue weighted by atomic mass is 19.1. The van der Waals surface area contributed by atoms with Crippen LogP contribution >= 0.6 is 0 Å². The van der Waals surface area contributed by atoms with Gasteiger partial charge in [0.15, 0.2) is 0 Å². The van der Waals surface area contributed by atoms with Crippen molar-refractivity contribution < 1.29 is 33.4 Å². The minimum atomic E-state index is -1.09. The van der Waals surface area contributed by atoms with Crippen LogP contribution in [0.3, 0.4) is 0 Å². The maximum atomic E-state index is 13.8. The Hall–Kier alpha value is -3.99. The molecular weight excluding hydrogens is 495 g/mol. The van der Waals surface area contributed by atoms with Gasteiger partial charge in [-0.05, 0) is 49.6 Å². The molecule has 0 aliphatic carbocycles. The van der Waals surface area contributed by atoms with Crippen molar-refractivity contribution in [2.24, 2.45) is 5.92 Å². The average molecular weight is 529 g/mol. The van der Waals surface area contributed by atoms with Crippen molar-refractivity contribution in [3.05, 3.63) is 52.1 Å². The lowest BCUT2D eigenvalue weighted by Crippen LogP contribution is -2.47. The Morgan fingerprint density at radius 1 is 1.24 bits per heavy atom. The van der Waals surface area contributed by atoms with E-state index in [1.165, 1.54) is 37.3 Å². The summed E-state index contributed by atoms with van der Waals surface area (Å²) in [7, 11) is 2.85. The molecule has 0 spiro atoms. The summed E-state index contributed by atoms with van der Waals surface area (Å²) in [4.78, 5) is 54.1. The molecule has 3 rings (SSSR count). The number of hydrogen-bond acceptors (Lipinski definition) is 5. The monoisotopic (exact) mass is 528 g/mol. The van der Waals surface area contributed by atoms with Gasteiger partial charge in [0.25, 0.3) is 11.8 Å². The number of carboxylic acids is 1. The molecule has 0 radical (unpaired) electrons. The first-order valence-electron chi connectivity index (χ1n) is 12.2. The van der Waals surface area contributed by atoms with Gasteiger partial charge < -0.3 is 30.4 Å². The van der Waals surface area contributed by atoms with E-state index in [-0.39, 0.29) is 30.4 Å². The fourth-order valence-corrected chi connectivity index (χ4v) is 4.63. The Balaban J connectivity index is 1.73. The van der Waals surface area contributed by atoms with E-state index < -0.39 is 35.7 Å². The Labute approximate surface area is 220 Å². The van der Waals surface area contributed by atoms with Crippen molar-refractivity contribution in [3.63, 3.8) is 0 Å². The number of aliphatic carboxylic acids is 1. The lowest BCUT2D eigenvalue weighted by atomic mass is 10.0. The molecule has 0 fully saturated rings. The molecule has 2 aromatic rings. The standard InChI is InChI=1S/C27H33FN4O6/c1-13(2)24(27(36)37)32(5)22(33)10-17(38-6)12-29-26(35)23-14(3)21(30-15(23)4)11-19-18-9-16(28)7-8-20(18)31-25(19)34/h7-9,11,13,17,24,30H,10,12H2,1-6H3,(H,29,35)(H,31,34)(H,36,37)/b19-11-. The number of halogens is 1. The SMILES string of the molecule is COC(CNC(=O)c1c(C)[nH]c(/C=C2\C(=O)Nc3ccc(F)cc32)c1C)CC(=O)N(C)C(C(=O)O)C(C)C. The summed E-state index contributed by atoms with van der Waals surface area (Å²) in [5.74, 6) is -3.04. The largest absolute Gasteiger partial charge is 0.480 e. The summed E-state index contributed by atoms with van der Waals surface area (Å²) < 4.78 is 19.1. The molecule has 2 heterocycles. The highest BCUT2D eigenvalue weighted by molar-refractivity contribution is 6.34. The van der Waals surface area contributed by atoms with Gasteiger partial charge >= 0.3 is 5.97 Å². The van der Waals surface area contributed by atoms with Crippen LogP contribution in [0.5, 0.6) is 0 Å². The molecule has 38 heavy (non-hydrogen) atoms. The number of hydrogen-bond donors (Lipinski definition) is 4. The fourth-order valence-electron chi connectivity index (χ4n) is 4.63. The smallest absolute Gasteiger partial charge is 0.326 e. The van der Waals surface area contributed by atoms with Gasteiger partial charge in [-0.1, -0.05) is 13.8 Å². The molecule has 1 aliphatic heterocycles. The summed E-state index contributed by atoms with van der Waals surface area (Å²) in [6.45, 7) is 6.91. The number of benzene rings is 1. The highest BCUT2D eigenvalue weighted by Gasteiger charge is 2.31. The van der Waals surface area contributed by atoms with E-state index in [2.05, 4.69) is 15.6 Å². The van der Waals surface area contributed by atoms with Gasteiger partial charge in [0, 0.05) is 43.3 Å². The van der Waals surface area contributed by atoms with E-state index in [0.717, 1.165) is 0 Å². The van der Waals surface area contributed by atoms with Crippen LogP contribution in [0.1, 0.15) is 53.1 Å². The number of carboxylic acid groups (broad SMARTS) is 1. The summed E-state index contributed by atoms with van der Waals surface area (Å²) in [6, 6.07) is 3.07. The maximum absolute atomic E-state index is 13.8. The Morgan fingerprint density at radius 2 is 1.92 bits per heavy atom. The Morgan fingerprint density at radius 3 is 2.53 bits per heavy atom. The van der Waals surface area contributed by atoms with Crippen molar-refractivity contribution in [1.29, 1.82) is 0 Å². The number of aryl methyl sites for hydroxylation is 1. The summed E-state index contributed by atoms with van der Waals surface area (Å²) in [5.41, 5.74) is 3.29. The molecule has 2 unspecified atom stereocenters. The van der Waals surface area contributed by atoms with Crippen LogP contribution in [0.2, 0.25) is 0 Å². The maximum Gasteiger partial charge on any atom is 0.326 e. The number of aromatic amines is 1. The minimum absolute atomic E-state index is 0.0177. The second-order valence-corrected chi connectivity index (χ2v) is 9.67. The van der Waals surface area contributed by atoms with Crippen LogP contribution < -0.4 is 10.6 Å². The second-order valence-electron chi connectivity index (χ2n) is 9.67. The molecule has 0 bridgehead atoms. The number of likely N-dealkylation sites (N-methyl/N-ethyl adjacent to an activating group) is 1. The summed E-state index contributed by atoms with van der Waals surface area (Å²) >= 11 is 0. The zero-order chi connectivity index (χ0) is 28.3. The third-order valence-electron chi connectivity index (χ3n) is 6.68. The van der Waals surface area contributed by atoms with Gasteiger partial charge in [0.05, 0.1) is 23.7 Å². The topological polar surface area (TPSA) is 141 Å². The first-order chi connectivity index (χ1) is 17.8. The molecule has 2 atom stereocenters. The van der Waals surface area contributed by atoms with Crippen molar-refractivity contribution in [2.75, 3.05) is 26.0 Å². The van der Waals surface area contributed by atoms with E-state index >= 15 is 0 Å². The Bertz CT molecular complexity index is 1300. The molecule has 11 heteroatoms. The first kappa shape index (κ1) is 28.6. The van der Waals surface area contributed by atoms with Gasteiger partial charge in [0.1, 0.15) is 11.9 Å². The van der Waals surface area contributed by atoms with Crippen molar-refractivity contribution in [1.82, 2.24) is 15.2 Å². The van der Waals surface area contributed by atoms with E-state index in [0.29, 0.717) is 33.8 Å². The predicted molar refractivity (Wildman–Crippen MR) is 140 cm³/mol. The lowest BCUT2D eigenvalue weighted by Gasteiger charge is -2.29. The van der Waals surface area contributed by atoms with Crippen molar-refractivity contribution in [3.8, 4) is 0 Å². The number of carbonyl (C=O) groups is 4. The van der Waals surface area contributed by atoms with Gasteiger partial charge in [-0.15, -0.1) is 0 Å². The zero-order valence-corrected chi connectivity index (χ0v) is 22.3. The van der Waals surface area contributed by atoms with Crippen LogP contribution in [0.25, 0.3) is 11.6 Å². The number of aromatic nitrogens is 1. The first-order valence-corrected chi connectivity index (χ1v) is 12.2. The highest BCUT2D eigenvalue weighted by Crippen LogP contribution is 2.34. The second kappa shape index (κ2) is 11.6. The normalized spacial score (nSPS) is 15.3. The van der Waals surface area contributed by atoms with Crippen molar-refractivity contribution in [2.45, 2.75) is 46.3 Å². The number of nitrogens with one attached hydrogen (secondary N) is 3. The number of nitrogens with zero attached hydrogens (tertiary/aromatic N) is 1. The Kier molecular flexibility index (Phi) is 8.72. The average Bonchev–Trinajstić information content (AvgIpc) is 3.30. The molecule has 1 aliphatic rings. The number of H-pyrrole nitrogens is 1. The molecule has 4 N–H and O–H groups in total. The van der Waals surface area contributed by atoms with E-state index in [9.17, 15) is 28.7 Å². The number of ether oxygens (including phenoxy) is 1. The van der Waals surface area contributed by atoms with Crippen LogP contribution in [0.4, 0.5) is 10.1 Å². The molecule has 1 aromatic heterocycles. The van der Waals surface area contributed by atoms with E-state index in [1.807, 2.05) is 0 Å². The van der Waals surface area contributed by atoms with Gasteiger partial charge in [-0.25, -0.2) is 9.18 Å². The van der Waals surface area contributed by atoms with Crippen LogP contribution in [-0.4, -0.2) is 71.5 Å². The van der Waals surface area contributed by atoms with Crippen molar-refractivity contribution >= 4 is 41.0 Å². The zero-order valence-electron chi connectivity index (χ0n) is 22.3. The number of methoxy groups -OCH3 is 1. The van der Waals surface area contributed by atoms with Crippen LogP contribution in [-0.2, 0) is 19.1 Å². The lowest BCUT2D eigenvalue weighted by molar-refractivity contribution is -0.151. The molecule has 10 nitrogen and oxygen atoms in total. The van der Waals surface area contributed by atoms with E-state index in [4.69, 9.17) is 4.74 Å². The summed E-state index contributed by atoms with van der Waals surface area (Å²) in [6.07, 6.45) is 0.794. The molecule has 0 saturated carbocycles. The quantitative estimate of drug-likeness (QED) is 0.350. The van der Waals surface area contributed by atoms with Gasteiger partial charge in [-0.3, -0.25) is 14.4 Å². The third-order valence-corrected chi connectivity index (χ3v) is 6.68. The van der Waals surface area contributed by atoms with Crippen LogP contribution in [0.15, 0.2) is 18.2 Å². The fraction of sp³-hybridized carbons (Fsp3) is 0.407. The molecular formula is C27H33FN4O6. The molecule has 3 amide bonds. The number of amides is 3. The van der Waals surface area contributed by atoms with Crippen LogP contribution in [0, 0.1) is 25.6 Å². The predicted octanol–water partition coefficient (Wildman–Crippen LogP) is 2.97. The summed E-state index contributed by atoms with van der Waals surface area (Å²) in [5, 5.41) is 14.9. The van der Waals surface area contributed by atoms with Gasteiger partial charge in [-0.2, -0.15) is 0 Å². The number of carbonyl (C=O) groups excluding carboxylic acids is 3. The number of rotatable bonds is 10. The molecule has 204 valence electrons. The van der Waals surface area contributed by atoms with Gasteiger partial charge in [0.2, 0.25) is 5.91 Å². The number of anilines is 1. The number of fused-ring (bicyclic) bond motifs is 1.